The fraction of sp³-hybridized carbons (Fsp3) is 0.300. The third-order valence-corrected chi connectivity index (χ3v) is 2.17. The maximum Gasteiger partial charge on any atom is 0.0995 e. The first-order valence-corrected chi connectivity index (χ1v) is 4.76. The Labute approximate surface area is 86.9 Å². The van der Waals surface area contributed by atoms with E-state index in [9.17, 15) is 0 Å². The third-order valence-electron chi connectivity index (χ3n) is 1.68. The number of hydrogen-bond acceptors (Lipinski definition) is 2. The number of rotatable bonds is 2. The van der Waals surface area contributed by atoms with Crippen molar-refractivity contribution in [3.8, 4) is 6.07 Å². The molecule has 0 saturated heterocycles. The summed E-state index contributed by atoms with van der Waals surface area (Å²) >= 11 is 3.34. The lowest BCUT2D eigenvalue weighted by molar-refractivity contribution is 0.402. The predicted octanol–water partition coefficient (Wildman–Crippen LogP) is 2.38. The van der Waals surface area contributed by atoms with Gasteiger partial charge in [0.05, 0.1) is 11.6 Å². The van der Waals surface area contributed by atoms with Crippen molar-refractivity contribution in [3.05, 3.63) is 33.8 Å². The van der Waals surface area contributed by atoms with Crippen molar-refractivity contribution in [2.75, 3.05) is 14.1 Å². The first kappa shape index (κ1) is 10.2. The minimum atomic E-state index is 0.739. The van der Waals surface area contributed by atoms with Gasteiger partial charge in [0.15, 0.2) is 0 Å². The van der Waals surface area contributed by atoms with Crippen LogP contribution in [0, 0.1) is 11.3 Å². The highest BCUT2D eigenvalue weighted by Gasteiger charge is 2.02. The van der Waals surface area contributed by atoms with Crippen LogP contribution in [0.2, 0.25) is 0 Å². The fourth-order valence-electron chi connectivity index (χ4n) is 1.13. The van der Waals surface area contributed by atoms with E-state index < -0.39 is 0 Å². The largest absolute Gasteiger partial charge is 0.305 e. The van der Waals surface area contributed by atoms with Crippen LogP contribution in [0.4, 0.5) is 0 Å². The molecular weight excluding hydrogens is 228 g/mol. The van der Waals surface area contributed by atoms with Crippen molar-refractivity contribution in [3.63, 3.8) is 0 Å². The van der Waals surface area contributed by atoms with E-state index in [-0.39, 0.29) is 0 Å². The Morgan fingerprint density at radius 3 is 2.69 bits per heavy atom. The first-order valence-electron chi connectivity index (χ1n) is 3.96. The molecule has 0 unspecified atom stereocenters. The summed E-state index contributed by atoms with van der Waals surface area (Å²) in [7, 11) is 3.98. The van der Waals surface area contributed by atoms with Crippen LogP contribution >= 0.6 is 15.9 Å². The number of hydrogen-bond donors (Lipinski definition) is 0. The SMILES string of the molecule is CN(C)Cc1ccc(Br)cc1C#N. The molecule has 0 bridgehead atoms. The Balaban J connectivity index is 3.01. The molecule has 0 saturated carbocycles. The van der Waals surface area contributed by atoms with Crippen molar-refractivity contribution in [2.45, 2.75) is 6.54 Å². The van der Waals surface area contributed by atoms with Crippen molar-refractivity contribution in [2.24, 2.45) is 0 Å². The monoisotopic (exact) mass is 238 g/mol. The molecule has 13 heavy (non-hydrogen) atoms. The smallest absolute Gasteiger partial charge is 0.0995 e. The molecule has 0 amide bonds. The van der Waals surface area contributed by atoms with Gasteiger partial charge >= 0.3 is 0 Å². The number of nitriles is 1. The highest BCUT2D eigenvalue weighted by Crippen LogP contribution is 2.16. The van der Waals surface area contributed by atoms with Gasteiger partial charge in [0.25, 0.3) is 0 Å². The summed E-state index contributed by atoms with van der Waals surface area (Å²) in [5.41, 5.74) is 1.80. The molecule has 0 aliphatic carbocycles. The lowest BCUT2D eigenvalue weighted by atomic mass is 10.1. The van der Waals surface area contributed by atoms with Gasteiger partial charge in [-0.05, 0) is 31.8 Å². The Kier molecular flexibility index (Phi) is 3.47. The number of benzene rings is 1. The van der Waals surface area contributed by atoms with E-state index in [4.69, 9.17) is 5.26 Å². The molecule has 0 spiro atoms. The van der Waals surface area contributed by atoms with Gasteiger partial charge in [-0.3, -0.25) is 0 Å². The zero-order valence-electron chi connectivity index (χ0n) is 7.71. The maximum atomic E-state index is 8.87. The molecule has 1 rings (SSSR count). The lowest BCUT2D eigenvalue weighted by Crippen LogP contribution is -2.11. The molecular formula is C10H11BrN2. The van der Waals surface area contributed by atoms with E-state index in [0.717, 1.165) is 22.1 Å². The Bertz CT molecular complexity index is 339. The van der Waals surface area contributed by atoms with Crippen LogP contribution in [0.25, 0.3) is 0 Å². The van der Waals surface area contributed by atoms with Crippen LogP contribution in [0.3, 0.4) is 0 Å². The van der Waals surface area contributed by atoms with Crippen LogP contribution in [0.15, 0.2) is 22.7 Å². The zero-order chi connectivity index (χ0) is 9.84. The fourth-order valence-corrected chi connectivity index (χ4v) is 1.49. The normalized spacial score (nSPS) is 10.1. The van der Waals surface area contributed by atoms with E-state index in [1.165, 1.54) is 0 Å². The van der Waals surface area contributed by atoms with Crippen molar-refractivity contribution in [1.29, 1.82) is 5.26 Å². The average Bonchev–Trinajstić information content (AvgIpc) is 2.07. The van der Waals surface area contributed by atoms with E-state index in [1.807, 2.05) is 37.2 Å². The molecule has 2 nitrogen and oxygen atoms in total. The minimum Gasteiger partial charge on any atom is -0.305 e. The van der Waals surface area contributed by atoms with Crippen LogP contribution in [0.5, 0.6) is 0 Å². The Morgan fingerprint density at radius 2 is 2.15 bits per heavy atom. The highest BCUT2D eigenvalue weighted by atomic mass is 79.9. The van der Waals surface area contributed by atoms with Gasteiger partial charge in [0.1, 0.15) is 0 Å². The van der Waals surface area contributed by atoms with Crippen LogP contribution < -0.4 is 0 Å². The van der Waals surface area contributed by atoms with Crippen LogP contribution in [-0.2, 0) is 6.54 Å². The summed E-state index contributed by atoms with van der Waals surface area (Å²) in [4.78, 5) is 2.05. The molecule has 0 fully saturated rings. The summed E-state index contributed by atoms with van der Waals surface area (Å²) in [5.74, 6) is 0. The van der Waals surface area contributed by atoms with Gasteiger partial charge < -0.3 is 4.90 Å². The molecule has 68 valence electrons. The van der Waals surface area contributed by atoms with Gasteiger partial charge in [0.2, 0.25) is 0 Å². The standard InChI is InChI=1S/C10H11BrN2/c1-13(2)7-8-3-4-10(11)5-9(8)6-12/h3-5H,7H2,1-2H3. The highest BCUT2D eigenvalue weighted by molar-refractivity contribution is 9.10. The van der Waals surface area contributed by atoms with Crippen molar-refractivity contribution >= 4 is 15.9 Å². The predicted molar refractivity (Wildman–Crippen MR) is 56.2 cm³/mol. The second kappa shape index (κ2) is 4.40. The number of nitrogens with zero attached hydrogens (tertiary/aromatic N) is 2. The van der Waals surface area contributed by atoms with Gasteiger partial charge in [-0.1, -0.05) is 22.0 Å². The van der Waals surface area contributed by atoms with E-state index in [0.29, 0.717) is 0 Å². The lowest BCUT2D eigenvalue weighted by Gasteiger charge is -2.10. The summed E-state index contributed by atoms with van der Waals surface area (Å²) in [5, 5.41) is 8.87. The third kappa shape index (κ3) is 2.83. The molecule has 0 aliphatic rings. The molecule has 0 aliphatic heterocycles. The van der Waals surface area contributed by atoms with Gasteiger partial charge in [0, 0.05) is 11.0 Å². The summed E-state index contributed by atoms with van der Waals surface area (Å²) < 4.78 is 0.951. The van der Waals surface area contributed by atoms with E-state index in [2.05, 4.69) is 22.0 Å². The maximum absolute atomic E-state index is 8.87. The van der Waals surface area contributed by atoms with Gasteiger partial charge in [-0.2, -0.15) is 5.26 Å². The van der Waals surface area contributed by atoms with Crippen molar-refractivity contribution < 1.29 is 0 Å². The van der Waals surface area contributed by atoms with Crippen LogP contribution in [-0.4, -0.2) is 19.0 Å². The molecule has 0 atom stereocenters. The average molecular weight is 239 g/mol. The quantitative estimate of drug-likeness (QED) is 0.792. The summed E-state index contributed by atoms with van der Waals surface area (Å²) in [6.07, 6.45) is 0. The zero-order valence-corrected chi connectivity index (χ0v) is 9.30. The minimum absolute atomic E-state index is 0.739. The molecule has 0 N–H and O–H groups in total. The summed E-state index contributed by atoms with van der Waals surface area (Å²) in [6, 6.07) is 7.96. The Hall–Kier alpha value is -0.850. The first-order chi connectivity index (χ1) is 6.13. The van der Waals surface area contributed by atoms with Crippen LogP contribution in [0.1, 0.15) is 11.1 Å². The van der Waals surface area contributed by atoms with E-state index in [1.54, 1.807) is 0 Å². The topological polar surface area (TPSA) is 27.0 Å². The van der Waals surface area contributed by atoms with Crippen molar-refractivity contribution in [1.82, 2.24) is 4.90 Å². The van der Waals surface area contributed by atoms with E-state index >= 15 is 0 Å². The molecule has 1 aromatic carbocycles. The second-order valence-electron chi connectivity index (χ2n) is 3.15. The van der Waals surface area contributed by atoms with Gasteiger partial charge in [-0.25, -0.2) is 0 Å². The molecule has 0 radical (unpaired) electrons. The second-order valence-corrected chi connectivity index (χ2v) is 4.07. The molecule has 0 aromatic heterocycles. The molecule has 1 aromatic rings. The van der Waals surface area contributed by atoms with Gasteiger partial charge in [-0.15, -0.1) is 0 Å². The number of halogens is 1. The Morgan fingerprint density at radius 1 is 1.46 bits per heavy atom. The molecule has 3 heteroatoms. The summed E-state index contributed by atoms with van der Waals surface area (Å²) in [6.45, 7) is 0.802. The molecule has 0 heterocycles.